The van der Waals surface area contributed by atoms with Gasteiger partial charge in [0.2, 0.25) is 5.91 Å². The van der Waals surface area contributed by atoms with Crippen molar-refractivity contribution in [3.8, 4) is 5.75 Å². The van der Waals surface area contributed by atoms with E-state index in [9.17, 15) is 18.4 Å². The third-order valence-corrected chi connectivity index (χ3v) is 4.69. The standard InChI is InChI=1S/C22H24F2N2O4/c23-16-5-8-19(20(24)12-16)22(28)25-10-9-21(27)26-13-15-3-6-17(7-4-15)30-14-18-2-1-11-29-18/h3-8,12,18H,1-2,9-11,13-14H2,(H,25,28)(H,26,27). The van der Waals surface area contributed by atoms with Gasteiger partial charge in [0.1, 0.15) is 24.0 Å². The molecule has 1 atom stereocenters. The van der Waals surface area contributed by atoms with E-state index in [4.69, 9.17) is 9.47 Å². The number of carbonyl (C=O) groups is 2. The van der Waals surface area contributed by atoms with E-state index in [0.717, 1.165) is 42.9 Å². The average Bonchev–Trinajstić information content (AvgIpc) is 3.25. The van der Waals surface area contributed by atoms with Crippen molar-refractivity contribution in [2.24, 2.45) is 0 Å². The van der Waals surface area contributed by atoms with Crippen LogP contribution in [-0.2, 0) is 16.1 Å². The second-order valence-electron chi connectivity index (χ2n) is 7.00. The number of hydrogen-bond acceptors (Lipinski definition) is 4. The van der Waals surface area contributed by atoms with Crippen molar-refractivity contribution in [2.75, 3.05) is 19.8 Å². The van der Waals surface area contributed by atoms with Crippen molar-refractivity contribution in [1.29, 1.82) is 0 Å². The summed E-state index contributed by atoms with van der Waals surface area (Å²) in [5.41, 5.74) is 0.642. The second-order valence-corrected chi connectivity index (χ2v) is 7.00. The van der Waals surface area contributed by atoms with Crippen LogP contribution in [0.4, 0.5) is 8.78 Å². The molecule has 1 heterocycles. The van der Waals surface area contributed by atoms with E-state index < -0.39 is 17.5 Å². The summed E-state index contributed by atoms with van der Waals surface area (Å²) in [6.45, 7) is 1.70. The fourth-order valence-corrected chi connectivity index (χ4v) is 3.02. The van der Waals surface area contributed by atoms with Crippen LogP contribution < -0.4 is 15.4 Å². The Labute approximate surface area is 173 Å². The van der Waals surface area contributed by atoms with Gasteiger partial charge in [0.25, 0.3) is 5.91 Å². The topological polar surface area (TPSA) is 76.7 Å². The third-order valence-electron chi connectivity index (χ3n) is 4.69. The summed E-state index contributed by atoms with van der Waals surface area (Å²) in [4.78, 5) is 23.8. The Hall–Kier alpha value is -3.00. The van der Waals surface area contributed by atoms with Gasteiger partial charge in [0.15, 0.2) is 0 Å². The molecule has 0 bridgehead atoms. The lowest BCUT2D eigenvalue weighted by molar-refractivity contribution is -0.121. The summed E-state index contributed by atoms with van der Waals surface area (Å²) >= 11 is 0. The fourth-order valence-electron chi connectivity index (χ4n) is 3.02. The van der Waals surface area contributed by atoms with Crippen LogP contribution in [0, 0.1) is 11.6 Å². The van der Waals surface area contributed by atoms with Crippen LogP contribution in [0.2, 0.25) is 0 Å². The lowest BCUT2D eigenvalue weighted by atomic mass is 10.2. The molecule has 1 unspecified atom stereocenters. The molecule has 2 aromatic carbocycles. The Balaban J connectivity index is 1.34. The smallest absolute Gasteiger partial charge is 0.254 e. The van der Waals surface area contributed by atoms with E-state index in [0.29, 0.717) is 19.2 Å². The zero-order chi connectivity index (χ0) is 21.3. The van der Waals surface area contributed by atoms with Gasteiger partial charge in [-0.3, -0.25) is 9.59 Å². The van der Waals surface area contributed by atoms with Crippen molar-refractivity contribution >= 4 is 11.8 Å². The summed E-state index contributed by atoms with van der Waals surface area (Å²) in [6.07, 6.45) is 2.28. The van der Waals surface area contributed by atoms with Crippen LogP contribution in [0.1, 0.15) is 35.2 Å². The predicted molar refractivity (Wildman–Crippen MR) is 106 cm³/mol. The first kappa shape index (κ1) is 21.7. The molecule has 2 N–H and O–H groups in total. The molecule has 2 amide bonds. The Bertz CT molecular complexity index is 868. The second kappa shape index (κ2) is 10.7. The van der Waals surface area contributed by atoms with Gasteiger partial charge in [-0.15, -0.1) is 0 Å². The normalized spacial score (nSPS) is 15.6. The van der Waals surface area contributed by atoms with Crippen molar-refractivity contribution in [2.45, 2.75) is 31.9 Å². The first-order valence-corrected chi connectivity index (χ1v) is 9.84. The molecular formula is C22H24F2N2O4. The lowest BCUT2D eigenvalue weighted by Gasteiger charge is -2.12. The molecule has 30 heavy (non-hydrogen) atoms. The predicted octanol–water partition coefficient (Wildman–Crippen LogP) is 2.96. The van der Waals surface area contributed by atoms with Crippen LogP contribution in [0.25, 0.3) is 0 Å². The highest BCUT2D eigenvalue weighted by Crippen LogP contribution is 2.16. The van der Waals surface area contributed by atoms with E-state index in [1.807, 2.05) is 24.3 Å². The summed E-state index contributed by atoms with van der Waals surface area (Å²) in [5, 5.41) is 5.20. The molecule has 6 nitrogen and oxygen atoms in total. The van der Waals surface area contributed by atoms with E-state index >= 15 is 0 Å². The van der Waals surface area contributed by atoms with E-state index in [1.165, 1.54) is 0 Å². The van der Waals surface area contributed by atoms with Crippen LogP contribution >= 0.6 is 0 Å². The Morgan fingerprint density at radius 1 is 1.10 bits per heavy atom. The number of amides is 2. The molecule has 0 saturated carbocycles. The Morgan fingerprint density at radius 2 is 1.90 bits per heavy atom. The number of rotatable bonds is 9. The average molecular weight is 418 g/mol. The molecule has 1 fully saturated rings. The number of ether oxygens (including phenoxy) is 2. The quantitative estimate of drug-likeness (QED) is 0.657. The van der Waals surface area contributed by atoms with Gasteiger partial charge < -0.3 is 20.1 Å². The van der Waals surface area contributed by atoms with Crippen LogP contribution in [-0.4, -0.2) is 37.7 Å². The van der Waals surface area contributed by atoms with Gasteiger partial charge in [-0.2, -0.15) is 0 Å². The largest absolute Gasteiger partial charge is 0.491 e. The molecule has 0 spiro atoms. The lowest BCUT2D eigenvalue weighted by Crippen LogP contribution is -2.31. The molecule has 160 valence electrons. The molecular weight excluding hydrogens is 394 g/mol. The molecule has 8 heteroatoms. The van der Waals surface area contributed by atoms with Gasteiger partial charge >= 0.3 is 0 Å². The van der Waals surface area contributed by atoms with Crippen LogP contribution in [0.3, 0.4) is 0 Å². The zero-order valence-electron chi connectivity index (χ0n) is 16.5. The third kappa shape index (κ3) is 6.52. The van der Waals surface area contributed by atoms with E-state index in [-0.39, 0.29) is 30.5 Å². The van der Waals surface area contributed by atoms with Gasteiger partial charge in [-0.1, -0.05) is 12.1 Å². The molecule has 0 aliphatic carbocycles. The maximum absolute atomic E-state index is 13.6. The first-order valence-electron chi connectivity index (χ1n) is 9.84. The maximum Gasteiger partial charge on any atom is 0.254 e. The summed E-state index contributed by atoms with van der Waals surface area (Å²) in [6, 6.07) is 10.1. The molecule has 2 aromatic rings. The van der Waals surface area contributed by atoms with Crippen molar-refractivity contribution in [3.63, 3.8) is 0 Å². The summed E-state index contributed by atoms with van der Waals surface area (Å²) in [7, 11) is 0. The Morgan fingerprint density at radius 3 is 2.60 bits per heavy atom. The van der Waals surface area contributed by atoms with Gasteiger partial charge in [-0.25, -0.2) is 8.78 Å². The zero-order valence-corrected chi connectivity index (χ0v) is 16.5. The van der Waals surface area contributed by atoms with Crippen molar-refractivity contribution in [3.05, 3.63) is 65.2 Å². The molecule has 0 radical (unpaired) electrons. The highest BCUT2D eigenvalue weighted by atomic mass is 19.1. The highest BCUT2D eigenvalue weighted by molar-refractivity contribution is 5.94. The van der Waals surface area contributed by atoms with Gasteiger partial charge in [-0.05, 0) is 42.7 Å². The molecule has 0 aromatic heterocycles. The molecule has 3 rings (SSSR count). The molecule has 1 aliphatic heterocycles. The summed E-state index contributed by atoms with van der Waals surface area (Å²) < 4.78 is 37.6. The minimum atomic E-state index is -0.944. The Kier molecular flexibility index (Phi) is 7.73. The fraction of sp³-hybridized carbons (Fsp3) is 0.364. The highest BCUT2D eigenvalue weighted by Gasteiger charge is 2.16. The monoisotopic (exact) mass is 418 g/mol. The van der Waals surface area contributed by atoms with Gasteiger partial charge in [0.05, 0.1) is 11.7 Å². The molecule has 1 saturated heterocycles. The number of carbonyl (C=O) groups excluding carboxylic acids is 2. The van der Waals surface area contributed by atoms with E-state index in [1.54, 1.807) is 0 Å². The number of nitrogens with one attached hydrogen (secondary N) is 2. The van der Waals surface area contributed by atoms with Crippen molar-refractivity contribution in [1.82, 2.24) is 10.6 Å². The number of hydrogen-bond donors (Lipinski definition) is 2. The SMILES string of the molecule is O=C(CCNC(=O)c1ccc(F)cc1F)NCc1ccc(OCC2CCCO2)cc1. The first-order chi connectivity index (χ1) is 14.5. The molecule has 1 aliphatic rings. The minimum Gasteiger partial charge on any atom is -0.491 e. The van der Waals surface area contributed by atoms with Gasteiger partial charge in [0, 0.05) is 32.2 Å². The van der Waals surface area contributed by atoms with E-state index in [2.05, 4.69) is 10.6 Å². The minimum absolute atomic E-state index is 0.0388. The maximum atomic E-state index is 13.6. The van der Waals surface area contributed by atoms with Crippen LogP contribution in [0.15, 0.2) is 42.5 Å². The van der Waals surface area contributed by atoms with Crippen LogP contribution in [0.5, 0.6) is 5.75 Å². The summed E-state index contributed by atoms with van der Waals surface area (Å²) in [5.74, 6) is -1.91. The number of halogens is 2. The number of benzene rings is 2. The van der Waals surface area contributed by atoms with Crippen molar-refractivity contribution < 1.29 is 27.8 Å².